The van der Waals surface area contributed by atoms with Crippen LogP contribution in [-0.4, -0.2) is 51.0 Å². The van der Waals surface area contributed by atoms with Gasteiger partial charge in [-0.05, 0) is 58.7 Å². The Labute approximate surface area is 173 Å². The van der Waals surface area contributed by atoms with Crippen molar-refractivity contribution >= 4 is 22.0 Å². The van der Waals surface area contributed by atoms with Gasteiger partial charge in [0.15, 0.2) is 0 Å². The van der Waals surface area contributed by atoms with Crippen molar-refractivity contribution < 1.29 is 28.2 Å². The summed E-state index contributed by atoms with van der Waals surface area (Å²) in [5.41, 5.74) is -1.32. The fourth-order valence-corrected chi connectivity index (χ4v) is 3.73. The number of hydrogen-bond acceptors (Lipinski definition) is 4. The van der Waals surface area contributed by atoms with Crippen molar-refractivity contribution in [2.45, 2.75) is 77.0 Å². The molecule has 0 saturated carbocycles. The van der Waals surface area contributed by atoms with E-state index in [-0.39, 0.29) is 12.8 Å². The number of nitrogens with zero attached hydrogens (tertiary/aromatic N) is 1. The van der Waals surface area contributed by atoms with Gasteiger partial charge >= 0.3 is 6.09 Å². The Balaban J connectivity index is 2.38. The fourth-order valence-electron chi connectivity index (χ4n) is 3.47. The van der Waals surface area contributed by atoms with Crippen LogP contribution in [-0.2, 0) is 15.9 Å². The van der Waals surface area contributed by atoms with Crippen LogP contribution in [0.15, 0.2) is 18.2 Å². The molecule has 3 atom stereocenters. The molecule has 1 amide bonds. The molecule has 1 aliphatic rings. The maximum Gasteiger partial charge on any atom is 0.412 e. The fraction of sp³-hybridized carbons (Fsp3) is 0.650. The predicted octanol–water partition coefficient (Wildman–Crippen LogP) is 4.39. The molecule has 1 unspecified atom stereocenters. The number of carbonyl (C=O) groups is 1. The van der Waals surface area contributed by atoms with Crippen LogP contribution in [0.25, 0.3) is 0 Å². The highest BCUT2D eigenvalue weighted by Crippen LogP contribution is 2.37. The average molecular weight is 464 g/mol. The molecule has 8 heteroatoms. The first kappa shape index (κ1) is 23.0. The molecule has 2 rings (SSSR count). The Bertz CT molecular complexity index is 688. The van der Waals surface area contributed by atoms with Gasteiger partial charge in [-0.25, -0.2) is 13.6 Å². The Morgan fingerprint density at radius 3 is 2.39 bits per heavy atom. The third kappa shape index (κ3) is 5.87. The van der Waals surface area contributed by atoms with Crippen molar-refractivity contribution in [3.63, 3.8) is 0 Å². The predicted molar refractivity (Wildman–Crippen MR) is 105 cm³/mol. The third-order valence-corrected chi connectivity index (χ3v) is 5.17. The molecule has 1 N–H and O–H groups in total. The standard InChI is InChI=1S/C20H28BrF2NO4/c1-19(2,3)28-18(26)24-16(8-12-6-13(22)9-14(23)7-12)17(10-15(25)11-21)27-20(24,4)5/h6-7,9,15-17,25H,8,10-11H2,1-5H3/t15?,16-,17-/m0/s1. The highest BCUT2D eigenvalue weighted by molar-refractivity contribution is 9.09. The van der Waals surface area contributed by atoms with Crippen molar-refractivity contribution in [3.05, 3.63) is 35.4 Å². The molecule has 1 fully saturated rings. The second-order valence-electron chi connectivity index (χ2n) is 8.55. The Morgan fingerprint density at radius 1 is 1.32 bits per heavy atom. The van der Waals surface area contributed by atoms with Crippen molar-refractivity contribution in [1.29, 1.82) is 0 Å². The lowest BCUT2D eigenvalue weighted by molar-refractivity contribution is -0.0840. The number of aliphatic hydroxyl groups is 1. The van der Waals surface area contributed by atoms with E-state index >= 15 is 0 Å². The van der Waals surface area contributed by atoms with Crippen molar-refractivity contribution in [1.82, 2.24) is 4.90 Å². The molecule has 28 heavy (non-hydrogen) atoms. The molecule has 5 nitrogen and oxygen atoms in total. The number of rotatable bonds is 5. The molecule has 158 valence electrons. The second-order valence-corrected chi connectivity index (χ2v) is 9.19. The summed E-state index contributed by atoms with van der Waals surface area (Å²) in [7, 11) is 0. The van der Waals surface area contributed by atoms with E-state index in [2.05, 4.69) is 15.9 Å². The van der Waals surface area contributed by atoms with E-state index < -0.39 is 47.3 Å². The quantitative estimate of drug-likeness (QED) is 0.657. The molecule has 0 bridgehead atoms. The molecule has 0 aliphatic carbocycles. The van der Waals surface area contributed by atoms with Gasteiger partial charge in [-0.3, -0.25) is 4.90 Å². The lowest BCUT2D eigenvalue weighted by Crippen LogP contribution is -2.51. The summed E-state index contributed by atoms with van der Waals surface area (Å²) in [5.74, 6) is -1.37. The summed E-state index contributed by atoms with van der Waals surface area (Å²) in [6, 6.07) is 2.72. The van der Waals surface area contributed by atoms with Gasteiger partial charge < -0.3 is 14.6 Å². The van der Waals surface area contributed by atoms with E-state index in [1.54, 1.807) is 34.6 Å². The minimum Gasteiger partial charge on any atom is -0.444 e. The molecule has 1 heterocycles. The average Bonchev–Trinajstić information content (AvgIpc) is 2.74. The first-order valence-corrected chi connectivity index (χ1v) is 10.3. The first-order valence-electron chi connectivity index (χ1n) is 9.21. The molecule has 0 aromatic heterocycles. The van der Waals surface area contributed by atoms with E-state index in [1.165, 1.54) is 17.0 Å². The van der Waals surface area contributed by atoms with Gasteiger partial charge in [0.1, 0.15) is 23.0 Å². The van der Waals surface area contributed by atoms with Gasteiger partial charge in [-0.15, -0.1) is 0 Å². The maximum absolute atomic E-state index is 13.7. The number of aliphatic hydroxyl groups excluding tert-OH is 1. The zero-order chi connectivity index (χ0) is 21.3. The van der Waals surface area contributed by atoms with Crippen LogP contribution in [0, 0.1) is 11.6 Å². The lowest BCUT2D eigenvalue weighted by atomic mass is 9.97. The summed E-state index contributed by atoms with van der Waals surface area (Å²) in [6.07, 6.45) is -1.37. The van der Waals surface area contributed by atoms with E-state index in [4.69, 9.17) is 9.47 Å². The number of alkyl halides is 1. The smallest absolute Gasteiger partial charge is 0.412 e. The summed E-state index contributed by atoms with van der Waals surface area (Å²) < 4.78 is 39.0. The molecular weight excluding hydrogens is 436 g/mol. The van der Waals surface area contributed by atoms with Crippen LogP contribution in [0.2, 0.25) is 0 Å². The van der Waals surface area contributed by atoms with Gasteiger partial charge in [0.2, 0.25) is 0 Å². The molecule has 0 spiro atoms. The molecule has 1 aromatic rings. The van der Waals surface area contributed by atoms with E-state index in [9.17, 15) is 18.7 Å². The Morgan fingerprint density at radius 2 is 1.89 bits per heavy atom. The molecule has 1 saturated heterocycles. The number of benzene rings is 1. The number of ether oxygens (including phenoxy) is 2. The maximum atomic E-state index is 13.7. The number of halogens is 3. The van der Waals surface area contributed by atoms with Crippen LogP contribution < -0.4 is 0 Å². The Kier molecular flexibility index (Phi) is 7.10. The minimum atomic E-state index is -1.00. The molecule has 1 aliphatic heterocycles. The number of hydrogen-bond donors (Lipinski definition) is 1. The van der Waals surface area contributed by atoms with Crippen molar-refractivity contribution in [2.75, 3.05) is 5.33 Å². The van der Waals surface area contributed by atoms with E-state index in [1.807, 2.05) is 0 Å². The van der Waals surface area contributed by atoms with Crippen molar-refractivity contribution in [3.8, 4) is 0 Å². The largest absolute Gasteiger partial charge is 0.444 e. The van der Waals surface area contributed by atoms with Gasteiger partial charge in [0, 0.05) is 17.8 Å². The number of amides is 1. The minimum absolute atomic E-state index is 0.164. The summed E-state index contributed by atoms with van der Waals surface area (Å²) >= 11 is 3.23. The lowest BCUT2D eigenvalue weighted by Gasteiger charge is -2.35. The van der Waals surface area contributed by atoms with Gasteiger partial charge in [-0.2, -0.15) is 0 Å². The van der Waals surface area contributed by atoms with Crippen LogP contribution in [0.1, 0.15) is 46.6 Å². The van der Waals surface area contributed by atoms with E-state index in [0.29, 0.717) is 10.9 Å². The highest BCUT2D eigenvalue weighted by atomic mass is 79.9. The zero-order valence-electron chi connectivity index (χ0n) is 16.8. The Hall–Kier alpha value is -1.25. The zero-order valence-corrected chi connectivity index (χ0v) is 18.4. The van der Waals surface area contributed by atoms with Crippen molar-refractivity contribution in [2.24, 2.45) is 0 Å². The van der Waals surface area contributed by atoms with Gasteiger partial charge in [0.05, 0.1) is 18.2 Å². The summed E-state index contributed by atoms with van der Waals surface area (Å²) in [5, 5.41) is 10.4. The second kappa shape index (κ2) is 8.63. The first-order chi connectivity index (χ1) is 12.8. The van der Waals surface area contributed by atoms with E-state index in [0.717, 1.165) is 6.07 Å². The van der Waals surface area contributed by atoms with Crippen LogP contribution in [0.5, 0.6) is 0 Å². The normalized spacial score (nSPS) is 23.0. The molecule has 1 aromatic carbocycles. The van der Waals surface area contributed by atoms with Crippen LogP contribution in [0.4, 0.5) is 13.6 Å². The summed E-state index contributed by atoms with van der Waals surface area (Å²) in [6.45, 7) is 8.75. The van der Waals surface area contributed by atoms with Crippen LogP contribution >= 0.6 is 15.9 Å². The topological polar surface area (TPSA) is 59.0 Å². The van der Waals surface area contributed by atoms with Crippen LogP contribution in [0.3, 0.4) is 0 Å². The summed E-state index contributed by atoms with van der Waals surface area (Å²) in [4.78, 5) is 14.4. The van der Waals surface area contributed by atoms with Gasteiger partial charge in [-0.1, -0.05) is 15.9 Å². The third-order valence-electron chi connectivity index (χ3n) is 4.42. The molecule has 0 radical (unpaired) electrons. The SMILES string of the molecule is CC(C)(C)OC(=O)N1[C@@H](Cc2cc(F)cc(F)c2)[C@H](CC(O)CBr)OC1(C)C. The van der Waals surface area contributed by atoms with Gasteiger partial charge in [0.25, 0.3) is 0 Å². The number of carbonyl (C=O) groups excluding carboxylic acids is 1. The molecular formula is C20H28BrF2NO4. The highest BCUT2D eigenvalue weighted by Gasteiger charge is 2.51. The monoisotopic (exact) mass is 463 g/mol.